The molecule has 1 saturated heterocycles. The fraction of sp³-hybridized carbons (Fsp3) is 0.375. The van der Waals surface area contributed by atoms with Gasteiger partial charge in [0.2, 0.25) is 0 Å². The van der Waals surface area contributed by atoms with Gasteiger partial charge in [0.05, 0.1) is 11.2 Å². The highest BCUT2D eigenvalue weighted by Gasteiger charge is 2.52. The van der Waals surface area contributed by atoms with Crippen LogP contribution in [0.2, 0.25) is 5.02 Å². The highest BCUT2D eigenvalue weighted by atomic mass is 35.5. The molecule has 5 rings (SSSR count). The second-order valence-electron chi connectivity index (χ2n) is 8.79. The number of nitrogens with one attached hydrogen (secondary N) is 1. The molecule has 31 heavy (non-hydrogen) atoms. The van der Waals surface area contributed by atoms with E-state index < -0.39 is 11.6 Å². The molecule has 2 aromatic heterocycles. The standard InChI is InChI=1S/C24H25ClN4O2/c1-14-3-7-19(15-9-11-26-12-10-15)24(2,29(14)23(30)31)22-21-18-6-5-17(25)13-16(18)4-8-20(21)27-28-22/h5-6,9-14,19H,3-4,7-8H2,1-2H3,(H,27,28)(H,30,31)/t14?,19-,24-/m1/s1. The third-order valence-electron chi connectivity index (χ3n) is 7.11. The minimum Gasteiger partial charge on any atom is -0.465 e. The number of aryl methyl sites for hydroxylation is 2. The number of nitrogens with zero attached hydrogens (tertiary/aromatic N) is 3. The largest absolute Gasteiger partial charge is 0.465 e. The summed E-state index contributed by atoms with van der Waals surface area (Å²) in [5.41, 5.74) is 5.40. The van der Waals surface area contributed by atoms with Gasteiger partial charge in [-0.15, -0.1) is 0 Å². The summed E-state index contributed by atoms with van der Waals surface area (Å²) < 4.78 is 0. The van der Waals surface area contributed by atoms with Crippen LogP contribution >= 0.6 is 11.6 Å². The van der Waals surface area contributed by atoms with Gasteiger partial charge < -0.3 is 5.11 Å². The van der Waals surface area contributed by atoms with E-state index in [2.05, 4.69) is 10.1 Å². The first-order valence-electron chi connectivity index (χ1n) is 10.7. The van der Waals surface area contributed by atoms with E-state index in [1.165, 1.54) is 5.56 Å². The van der Waals surface area contributed by atoms with Crippen LogP contribution < -0.4 is 0 Å². The second kappa shape index (κ2) is 7.38. The monoisotopic (exact) mass is 436 g/mol. The zero-order chi connectivity index (χ0) is 21.8. The van der Waals surface area contributed by atoms with E-state index in [1.807, 2.05) is 44.2 Å². The maximum Gasteiger partial charge on any atom is 0.408 e. The molecule has 2 N–H and O–H groups in total. The van der Waals surface area contributed by atoms with E-state index >= 15 is 0 Å². The van der Waals surface area contributed by atoms with Gasteiger partial charge in [-0.25, -0.2) is 4.79 Å². The zero-order valence-corrected chi connectivity index (χ0v) is 18.4. The van der Waals surface area contributed by atoms with E-state index in [-0.39, 0.29) is 12.0 Å². The van der Waals surface area contributed by atoms with Gasteiger partial charge in [0.1, 0.15) is 0 Å². The predicted octanol–water partition coefficient (Wildman–Crippen LogP) is 5.39. The van der Waals surface area contributed by atoms with E-state index in [4.69, 9.17) is 16.7 Å². The first kappa shape index (κ1) is 20.1. The number of piperidine rings is 1. The zero-order valence-electron chi connectivity index (χ0n) is 17.6. The normalized spacial score (nSPS) is 25.1. The van der Waals surface area contributed by atoms with Gasteiger partial charge in [-0.05, 0) is 80.5 Å². The number of fused-ring (bicyclic) bond motifs is 3. The highest BCUT2D eigenvalue weighted by Crippen LogP contribution is 2.52. The van der Waals surface area contributed by atoms with Crippen molar-refractivity contribution in [2.75, 3.05) is 0 Å². The maximum absolute atomic E-state index is 12.6. The number of H-pyrrole nitrogens is 1. The topological polar surface area (TPSA) is 82.1 Å². The number of hydrogen-bond donors (Lipinski definition) is 2. The van der Waals surface area contributed by atoms with Gasteiger partial charge in [-0.1, -0.05) is 17.7 Å². The molecule has 1 aliphatic carbocycles. The Bertz CT molecular complexity index is 1150. The molecule has 6 nitrogen and oxygen atoms in total. The molecule has 1 unspecified atom stereocenters. The van der Waals surface area contributed by atoms with Crippen molar-refractivity contribution in [1.29, 1.82) is 0 Å². The lowest BCUT2D eigenvalue weighted by Gasteiger charge is -2.51. The Balaban J connectivity index is 1.75. The van der Waals surface area contributed by atoms with Crippen LogP contribution in [-0.2, 0) is 18.4 Å². The van der Waals surface area contributed by atoms with Gasteiger partial charge in [0.15, 0.2) is 0 Å². The Morgan fingerprint density at radius 1 is 1.23 bits per heavy atom. The number of hydrogen-bond acceptors (Lipinski definition) is 3. The Morgan fingerprint density at radius 3 is 2.74 bits per heavy atom. The van der Waals surface area contributed by atoms with E-state index in [0.29, 0.717) is 5.02 Å². The van der Waals surface area contributed by atoms with Crippen molar-refractivity contribution in [2.45, 2.75) is 57.0 Å². The van der Waals surface area contributed by atoms with Crippen LogP contribution in [0.15, 0.2) is 42.7 Å². The number of carboxylic acid groups (broad SMARTS) is 1. The summed E-state index contributed by atoms with van der Waals surface area (Å²) in [6.45, 7) is 4.02. The van der Waals surface area contributed by atoms with Crippen molar-refractivity contribution in [3.05, 3.63) is 70.3 Å². The lowest BCUT2D eigenvalue weighted by atomic mass is 9.68. The van der Waals surface area contributed by atoms with Crippen molar-refractivity contribution in [2.24, 2.45) is 0 Å². The molecule has 0 spiro atoms. The summed E-state index contributed by atoms with van der Waals surface area (Å²) in [6, 6.07) is 9.82. The van der Waals surface area contributed by atoms with E-state index in [0.717, 1.165) is 53.8 Å². The van der Waals surface area contributed by atoms with Crippen LogP contribution in [0.5, 0.6) is 0 Å². The number of halogens is 1. The molecule has 1 aliphatic heterocycles. The molecule has 1 amide bonds. The molecule has 1 aromatic carbocycles. The maximum atomic E-state index is 12.6. The smallest absolute Gasteiger partial charge is 0.408 e. The number of rotatable bonds is 2. The Kier molecular flexibility index (Phi) is 4.77. The first-order chi connectivity index (χ1) is 14.9. The Morgan fingerprint density at radius 2 is 2.00 bits per heavy atom. The molecule has 0 radical (unpaired) electrons. The fourth-order valence-electron chi connectivity index (χ4n) is 5.69. The van der Waals surface area contributed by atoms with Crippen LogP contribution in [0.4, 0.5) is 4.79 Å². The van der Waals surface area contributed by atoms with Crippen LogP contribution in [0.1, 0.15) is 55.1 Å². The summed E-state index contributed by atoms with van der Waals surface area (Å²) in [5, 5.41) is 19.0. The van der Waals surface area contributed by atoms with Gasteiger partial charge >= 0.3 is 6.09 Å². The molecule has 1 fully saturated rings. The number of aromatic amines is 1. The number of aromatic nitrogens is 3. The van der Waals surface area contributed by atoms with Crippen LogP contribution in [0.3, 0.4) is 0 Å². The summed E-state index contributed by atoms with van der Waals surface area (Å²) in [5.74, 6) is -0.0344. The number of benzene rings is 1. The molecular formula is C24H25ClN4O2. The van der Waals surface area contributed by atoms with E-state index in [9.17, 15) is 9.90 Å². The van der Waals surface area contributed by atoms with Gasteiger partial charge in [0, 0.05) is 40.6 Å². The molecule has 3 aromatic rings. The highest BCUT2D eigenvalue weighted by molar-refractivity contribution is 6.30. The third-order valence-corrected chi connectivity index (χ3v) is 7.34. The number of pyridine rings is 1. The van der Waals surface area contributed by atoms with Gasteiger partial charge in [-0.3, -0.25) is 15.0 Å². The summed E-state index contributed by atoms with van der Waals surface area (Å²) >= 11 is 6.27. The van der Waals surface area contributed by atoms with Crippen molar-refractivity contribution in [3.63, 3.8) is 0 Å². The number of amides is 1. The molecule has 160 valence electrons. The van der Waals surface area contributed by atoms with E-state index in [1.54, 1.807) is 17.3 Å². The SMILES string of the molecule is CC1CC[C@H](c2ccncc2)[C@](C)(c2n[nH]c3c2-c2ccc(Cl)cc2CC3)N1C(=O)O. The van der Waals surface area contributed by atoms with Crippen molar-refractivity contribution in [3.8, 4) is 11.1 Å². The molecular weight excluding hydrogens is 412 g/mol. The summed E-state index contributed by atoms with van der Waals surface area (Å²) in [7, 11) is 0. The summed E-state index contributed by atoms with van der Waals surface area (Å²) in [4.78, 5) is 18.3. The molecule has 3 heterocycles. The second-order valence-corrected chi connectivity index (χ2v) is 9.22. The molecule has 0 saturated carbocycles. The minimum atomic E-state index is -0.919. The van der Waals surface area contributed by atoms with Gasteiger partial charge in [-0.2, -0.15) is 5.10 Å². The van der Waals surface area contributed by atoms with Gasteiger partial charge in [0.25, 0.3) is 0 Å². The van der Waals surface area contributed by atoms with Crippen molar-refractivity contribution < 1.29 is 9.90 Å². The Hall–Kier alpha value is -2.86. The molecule has 7 heteroatoms. The lowest BCUT2D eigenvalue weighted by molar-refractivity contribution is 0.00591. The number of carbonyl (C=O) groups is 1. The van der Waals surface area contributed by atoms with Crippen LogP contribution in [0.25, 0.3) is 11.1 Å². The van der Waals surface area contributed by atoms with Crippen LogP contribution in [-0.4, -0.2) is 37.3 Å². The molecule has 0 bridgehead atoms. The average molecular weight is 437 g/mol. The first-order valence-corrected chi connectivity index (χ1v) is 11.1. The van der Waals surface area contributed by atoms with Crippen LogP contribution in [0, 0.1) is 0 Å². The summed E-state index contributed by atoms with van der Waals surface area (Å²) in [6.07, 6.45) is 6.01. The van der Waals surface area contributed by atoms with Crippen molar-refractivity contribution in [1.82, 2.24) is 20.1 Å². The predicted molar refractivity (Wildman–Crippen MR) is 119 cm³/mol. The quantitative estimate of drug-likeness (QED) is 0.564. The average Bonchev–Trinajstić information content (AvgIpc) is 3.19. The Labute approximate surface area is 186 Å². The fourth-order valence-corrected chi connectivity index (χ4v) is 5.88. The number of likely N-dealkylation sites (tertiary alicyclic amines) is 1. The van der Waals surface area contributed by atoms with Crippen molar-refractivity contribution >= 4 is 17.7 Å². The molecule has 2 aliphatic rings. The minimum absolute atomic E-state index is 0.0344. The lowest BCUT2D eigenvalue weighted by Crippen LogP contribution is -2.58. The third kappa shape index (κ3) is 3.04. The molecule has 3 atom stereocenters.